The lowest BCUT2D eigenvalue weighted by atomic mass is 9.79. The number of methoxy groups -OCH3 is 1. The Morgan fingerprint density at radius 3 is 2.95 bits per heavy atom. The lowest BCUT2D eigenvalue weighted by Gasteiger charge is -2.38. The number of fused-ring (bicyclic) bond motifs is 1. The Morgan fingerprint density at radius 2 is 2.16 bits per heavy atom. The van der Waals surface area contributed by atoms with Crippen molar-refractivity contribution in [1.29, 1.82) is 5.26 Å². The third-order valence-electron chi connectivity index (χ3n) is 7.37. The summed E-state index contributed by atoms with van der Waals surface area (Å²) in [5, 5.41) is 19.4. The highest BCUT2D eigenvalue weighted by Gasteiger charge is 2.31. The predicted molar refractivity (Wildman–Crippen MR) is 148 cm³/mol. The summed E-state index contributed by atoms with van der Waals surface area (Å²) in [6.07, 6.45) is 3.49. The Morgan fingerprint density at radius 1 is 1.29 bits per heavy atom. The van der Waals surface area contributed by atoms with E-state index >= 15 is 4.39 Å². The van der Waals surface area contributed by atoms with Crippen molar-refractivity contribution in [3.63, 3.8) is 0 Å². The van der Waals surface area contributed by atoms with E-state index in [2.05, 4.69) is 16.0 Å². The first-order valence-corrected chi connectivity index (χ1v) is 14.1. The largest absolute Gasteiger partial charge is 0.497 e. The zero-order valence-electron chi connectivity index (χ0n) is 21.7. The SMILES string of the molecule is COc1ccc2nccc([C@@H](F)CC[C@@H]3CCN(CCCSc4cccc(C#N)c4)C[C@@H]3CC(=O)O)c2c1. The van der Waals surface area contributed by atoms with Gasteiger partial charge in [-0.1, -0.05) is 6.07 Å². The molecule has 3 aromatic rings. The number of aromatic nitrogens is 1. The number of nitriles is 1. The second kappa shape index (κ2) is 13.6. The number of rotatable bonds is 12. The van der Waals surface area contributed by atoms with Crippen LogP contribution < -0.4 is 4.74 Å². The van der Waals surface area contributed by atoms with Gasteiger partial charge in [0.15, 0.2) is 0 Å². The van der Waals surface area contributed by atoms with Gasteiger partial charge < -0.3 is 14.7 Å². The number of halogens is 1. The average molecular weight is 536 g/mol. The molecule has 0 amide bonds. The molecule has 6 nitrogen and oxygen atoms in total. The summed E-state index contributed by atoms with van der Waals surface area (Å²) >= 11 is 1.74. The summed E-state index contributed by atoms with van der Waals surface area (Å²) in [6.45, 7) is 2.55. The van der Waals surface area contributed by atoms with Gasteiger partial charge >= 0.3 is 5.97 Å². The van der Waals surface area contributed by atoms with Crippen LogP contribution in [0.3, 0.4) is 0 Å². The van der Waals surface area contributed by atoms with Crippen LogP contribution in [0.4, 0.5) is 4.39 Å². The minimum Gasteiger partial charge on any atom is -0.497 e. The molecule has 38 heavy (non-hydrogen) atoms. The Labute approximate surface area is 227 Å². The van der Waals surface area contributed by atoms with Crippen LogP contribution in [0.25, 0.3) is 10.9 Å². The number of ether oxygens (including phenoxy) is 1. The van der Waals surface area contributed by atoms with E-state index < -0.39 is 12.1 Å². The fraction of sp³-hybridized carbons (Fsp3) is 0.433. The molecule has 0 aliphatic carbocycles. The topological polar surface area (TPSA) is 86.5 Å². The van der Waals surface area contributed by atoms with E-state index in [4.69, 9.17) is 10.00 Å². The van der Waals surface area contributed by atoms with Crippen LogP contribution in [0.15, 0.2) is 59.6 Å². The van der Waals surface area contributed by atoms with Gasteiger partial charge in [-0.05, 0) is 104 Å². The summed E-state index contributed by atoms with van der Waals surface area (Å²) in [4.78, 5) is 19.4. The van der Waals surface area contributed by atoms with E-state index in [1.807, 2.05) is 36.4 Å². The molecule has 1 aliphatic rings. The Bertz CT molecular complexity index is 1280. The summed E-state index contributed by atoms with van der Waals surface area (Å²) in [7, 11) is 1.59. The monoisotopic (exact) mass is 535 g/mol. The maximum absolute atomic E-state index is 15.5. The summed E-state index contributed by atoms with van der Waals surface area (Å²) in [5.74, 6) is 1.02. The molecule has 1 N–H and O–H groups in total. The zero-order valence-corrected chi connectivity index (χ0v) is 22.5. The van der Waals surface area contributed by atoms with Crippen molar-refractivity contribution in [2.75, 3.05) is 32.5 Å². The van der Waals surface area contributed by atoms with Crippen molar-refractivity contribution >= 4 is 28.6 Å². The quantitative estimate of drug-likeness (QED) is 0.209. The van der Waals surface area contributed by atoms with Gasteiger partial charge in [0.1, 0.15) is 11.9 Å². The van der Waals surface area contributed by atoms with E-state index in [9.17, 15) is 9.90 Å². The van der Waals surface area contributed by atoms with Crippen molar-refractivity contribution in [2.45, 2.75) is 43.2 Å². The van der Waals surface area contributed by atoms with Crippen LogP contribution in [0.5, 0.6) is 5.75 Å². The van der Waals surface area contributed by atoms with Crippen LogP contribution in [0.2, 0.25) is 0 Å². The molecule has 2 aromatic carbocycles. The number of hydrogen-bond donors (Lipinski definition) is 1. The number of hydrogen-bond acceptors (Lipinski definition) is 6. The number of thioether (sulfide) groups is 1. The number of carboxylic acid groups (broad SMARTS) is 1. The number of carbonyl (C=O) groups is 1. The van der Waals surface area contributed by atoms with E-state index in [1.165, 1.54) is 0 Å². The van der Waals surface area contributed by atoms with Gasteiger partial charge in [-0.3, -0.25) is 9.78 Å². The second-order valence-corrected chi connectivity index (χ2v) is 11.0. The molecule has 1 fully saturated rings. The van der Waals surface area contributed by atoms with Gasteiger partial charge in [0.05, 0.1) is 24.3 Å². The van der Waals surface area contributed by atoms with Gasteiger partial charge in [-0.15, -0.1) is 11.8 Å². The van der Waals surface area contributed by atoms with Crippen LogP contribution in [0.1, 0.15) is 49.4 Å². The third-order valence-corrected chi connectivity index (χ3v) is 8.45. The van der Waals surface area contributed by atoms with E-state index in [-0.39, 0.29) is 18.3 Å². The number of alkyl halides is 1. The van der Waals surface area contributed by atoms with Crippen LogP contribution in [0, 0.1) is 23.2 Å². The number of benzene rings is 2. The second-order valence-electron chi connectivity index (χ2n) is 9.88. The number of likely N-dealkylation sites (tertiary alicyclic amines) is 1. The number of aliphatic carboxylic acids is 1. The molecule has 3 atom stereocenters. The molecule has 200 valence electrons. The van der Waals surface area contributed by atoms with Gasteiger partial charge in [-0.2, -0.15) is 5.26 Å². The molecule has 0 spiro atoms. The fourth-order valence-corrected chi connectivity index (χ4v) is 6.29. The molecule has 0 saturated carbocycles. The smallest absolute Gasteiger partial charge is 0.303 e. The Balaban J connectivity index is 1.30. The molecule has 8 heteroatoms. The first kappa shape index (κ1) is 27.9. The maximum atomic E-state index is 15.5. The van der Waals surface area contributed by atoms with Gasteiger partial charge in [0.25, 0.3) is 0 Å². The normalized spacial score (nSPS) is 18.7. The van der Waals surface area contributed by atoms with E-state index in [1.54, 1.807) is 37.2 Å². The Kier molecular flexibility index (Phi) is 9.97. The van der Waals surface area contributed by atoms with Crippen LogP contribution >= 0.6 is 11.8 Å². The summed E-state index contributed by atoms with van der Waals surface area (Å²) in [6, 6.07) is 17.0. The molecule has 1 aliphatic heterocycles. The minimum absolute atomic E-state index is 0.0164. The first-order valence-electron chi connectivity index (χ1n) is 13.1. The molecular weight excluding hydrogens is 501 g/mol. The van der Waals surface area contributed by atoms with E-state index in [0.29, 0.717) is 29.7 Å². The molecule has 0 radical (unpaired) electrons. The van der Waals surface area contributed by atoms with E-state index in [0.717, 1.165) is 54.0 Å². The standard InChI is InChI=1S/C30H34FN3O3S/c1-37-24-7-9-29-27(18-24)26(10-12-33-29)28(31)8-6-22-11-14-34(20-23(22)17-30(35)36)13-3-15-38-25-5-2-4-21(16-25)19-32/h2,4-5,7,9-10,12,16,18,22-23,28H,3,6,8,11,13-15,17,20H2,1H3,(H,35,36)/t22-,23+,28+/m1/s1. The predicted octanol–water partition coefficient (Wildman–Crippen LogP) is 6.50. The fourth-order valence-electron chi connectivity index (χ4n) is 5.39. The van der Waals surface area contributed by atoms with Gasteiger partial charge in [0.2, 0.25) is 0 Å². The van der Waals surface area contributed by atoms with Crippen LogP contribution in [-0.2, 0) is 4.79 Å². The summed E-state index contributed by atoms with van der Waals surface area (Å²) in [5.41, 5.74) is 2.01. The molecule has 0 bridgehead atoms. The zero-order chi connectivity index (χ0) is 26.9. The third kappa shape index (κ3) is 7.46. The number of pyridine rings is 1. The lowest BCUT2D eigenvalue weighted by Crippen LogP contribution is -2.42. The number of nitrogens with zero attached hydrogens (tertiary/aromatic N) is 3. The van der Waals surface area contributed by atoms with Crippen molar-refractivity contribution < 1.29 is 19.0 Å². The van der Waals surface area contributed by atoms with Gasteiger partial charge in [-0.25, -0.2) is 4.39 Å². The van der Waals surface area contributed by atoms with Crippen molar-refractivity contribution in [2.24, 2.45) is 11.8 Å². The highest BCUT2D eigenvalue weighted by atomic mass is 32.2. The highest BCUT2D eigenvalue weighted by molar-refractivity contribution is 7.99. The first-order chi connectivity index (χ1) is 18.5. The maximum Gasteiger partial charge on any atom is 0.303 e. The molecule has 1 saturated heterocycles. The lowest BCUT2D eigenvalue weighted by molar-refractivity contribution is -0.139. The summed E-state index contributed by atoms with van der Waals surface area (Å²) < 4.78 is 20.8. The molecular formula is C30H34FN3O3S. The molecule has 0 unspecified atom stereocenters. The molecule has 1 aromatic heterocycles. The Hall–Kier alpha value is -3.15. The van der Waals surface area contributed by atoms with Crippen molar-refractivity contribution in [3.8, 4) is 11.8 Å². The minimum atomic E-state index is -1.15. The molecule has 2 heterocycles. The molecule has 4 rings (SSSR count). The highest BCUT2D eigenvalue weighted by Crippen LogP contribution is 2.36. The number of piperidine rings is 1. The van der Waals surface area contributed by atoms with Crippen molar-refractivity contribution in [3.05, 3.63) is 65.9 Å². The van der Waals surface area contributed by atoms with Gasteiger partial charge in [0, 0.05) is 29.4 Å². The van der Waals surface area contributed by atoms with Crippen molar-refractivity contribution in [1.82, 2.24) is 9.88 Å². The average Bonchev–Trinajstić information content (AvgIpc) is 2.93. The van der Waals surface area contributed by atoms with Crippen LogP contribution in [-0.4, -0.2) is 53.5 Å². The number of carboxylic acids is 1.